The van der Waals surface area contributed by atoms with Gasteiger partial charge >= 0.3 is 0 Å². The normalized spacial score (nSPS) is 19.0. The number of rotatable bonds is 5. The van der Waals surface area contributed by atoms with E-state index in [1.54, 1.807) is 0 Å². The smallest absolute Gasteiger partial charge is 0.0240 e. The third-order valence-corrected chi connectivity index (χ3v) is 4.52. The van der Waals surface area contributed by atoms with Crippen LogP contribution in [0.1, 0.15) is 30.4 Å². The van der Waals surface area contributed by atoms with E-state index in [9.17, 15) is 0 Å². The molecule has 1 aliphatic heterocycles. The SMILES string of the molecule is c1ccc(CN(Cc2ccccc2)C2CCCNCC2)cc1. The molecule has 2 aromatic carbocycles. The molecule has 1 fully saturated rings. The van der Waals surface area contributed by atoms with E-state index in [1.807, 2.05) is 0 Å². The Morgan fingerprint density at radius 3 is 1.95 bits per heavy atom. The molecule has 0 bridgehead atoms. The van der Waals surface area contributed by atoms with E-state index in [0.717, 1.165) is 19.6 Å². The Morgan fingerprint density at radius 2 is 1.36 bits per heavy atom. The van der Waals surface area contributed by atoms with Crippen LogP contribution in [0.25, 0.3) is 0 Å². The average molecular weight is 294 g/mol. The molecule has 1 unspecified atom stereocenters. The van der Waals surface area contributed by atoms with Gasteiger partial charge in [0, 0.05) is 19.1 Å². The molecule has 2 aromatic rings. The first-order chi connectivity index (χ1) is 10.9. The van der Waals surface area contributed by atoms with E-state index in [1.165, 1.54) is 36.9 Å². The highest BCUT2D eigenvalue weighted by Crippen LogP contribution is 2.19. The highest BCUT2D eigenvalue weighted by atomic mass is 15.2. The van der Waals surface area contributed by atoms with Gasteiger partial charge in [0.15, 0.2) is 0 Å². The Bertz CT molecular complexity index is 489. The van der Waals surface area contributed by atoms with Gasteiger partial charge in [0.25, 0.3) is 0 Å². The van der Waals surface area contributed by atoms with Crippen molar-refractivity contribution in [2.24, 2.45) is 0 Å². The summed E-state index contributed by atoms with van der Waals surface area (Å²) in [5, 5.41) is 3.53. The lowest BCUT2D eigenvalue weighted by molar-refractivity contribution is 0.164. The molecule has 1 saturated heterocycles. The molecule has 0 saturated carbocycles. The molecule has 1 aliphatic rings. The summed E-state index contributed by atoms with van der Waals surface area (Å²) in [5.41, 5.74) is 2.83. The largest absolute Gasteiger partial charge is 0.317 e. The number of hydrogen-bond donors (Lipinski definition) is 1. The molecule has 0 aliphatic carbocycles. The minimum absolute atomic E-state index is 0.676. The van der Waals surface area contributed by atoms with Crippen molar-refractivity contribution >= 4 is 0 Å². The zero-order valence-electron chi connectivity index (χ0n) is 13.2. The summed E-state index contributed by atoms with van der Waals surface area (Å²) in [6, 6.07) is 22.4. The standard InChI is InChI=1S/C20H26N2/c1-3-8-18(9-4-1)16-22(17-19-10-5-2-6-11-19)20-12-7-14-21-15-13-20/h1-6,8-11,20-21H,7,12-17H2. The highest BCUT2D eigenvalue weighted by molar-refractivity contribution is 5.17. The summed E-state index contributed by atoms with van der Waals surface area (Å²) >= 11 is 0. The molecule has 0 spiro atoms. The summed E-state index contributed by atoms with van der Waals surface area (Å²) in [7, 11) is 0. The number of hydrogen-bond acceptors (Lipinski definition) is 2. The molecule has 2 nitrogen and oxygen atoms in total. The van der Waals surface area contributed by atoms with Gasteiger partial charge in [-0.1, -0.05) is 60.7 Å². The lowest BCUT2D eigenvalue weighted by atomic mass is 10.0. The van der Waals surface area contributed by atoms with Crippen LogP contribution in [0.2, 0.25) is 0 Å². The van der Waals surface area contributed by atoms with Crippen LogP contribution in [-0.4, -0.2) is 24.0 Å². The lowest BCUT2D eigenvalue weighted by Gasteiger charge is -2.31. The molecule has 1 heterocycles. The minimum atomic E-state index is 0.676. The second-order valence-corrected chi connectivity index (χ2v) is 6.21. The van der Waals surface area contributed by atoms with Crippen LogP contribution in [-0.2, 0) is 13.1 Å². The quantitative estimate of drug-likeness (QED) is 0.901. The van der Waals surface area contributed by atoms with E-state index in [0.29, 0.717) is 6.04 Å². The van der Waals surface area contributed by atoms with Crippen LogP contribution in [0.15, 0.2) is 60.7 Å². The van der Waals surface area contributed by atoms with Crippen molar-refractivity contribution in [1.82, 2.24) is 10.2 Å². The fourth-order valence-electron chi connectivity index (χ4n) is 3.32. The van der Waals surface area contributed by atoms with E-state index < -0.39 is 0 Å². The van der Waals surface area contributed by atoms with Gasteiger partial charge in [0.1, 0.15) is 0 Å². The Balaban J connectivity index is 1.74. The van der Waals surface area contributed by atoms with E-state index in [-0.39, 0.29) is 0 Å². The third kappa shape index (κ3) is 4.43. The van der Waals surface area contributed by atoms with Crippen molar-refractivity contribution in [3.05, 3.63) is 71.8 Å². The Morgan fingerprint density at radius 1 is 0.773 bits per heavy atom. The van der Waals surface area contributed by atoms with Gasteiger partial charge in [-0.25, -0.2) is 0 Å². The van der Waals surface area contributed by atoms with Crippen LogP contribution < -0.4 is 5.32 Å². The first-order valence-electron chi connectivity index (χ1n) is 8.44. The average Bonchev–Trinajstić information content (AvgIpc) is 2.85. The van der Waals surface area contributed by atoms with Gasteiger partial charge in [0.2, 0.25) is 0 Å². The van der Waals surface area contributed by atoms with Crippen molar-refractivity contribution in [1.29, 1.82) is 0 Å². The predicted molar refractivity (Wildman–Crippen MR) is 92.6 cm³/mol. The molecule has 1 N–H and O–H groups in total. The van der Waals surface area contributed by atoms with Gasteiger partial charge in [-0.3, -0.25) is 4.90 Å². The molecule has 22 heavy (non-hydrogen) atoms. The molecular weight excluding hydrogens is 268 g/mol. The second kappa shape index (κ2) is 8.11. The van der Waals surface area contributed by atoms with Gasteiger partial charge < -0.3 is 5.32 Å². The molecule has 116 valence electrons. The zero-order chi connectivity index (χ0) is 15.0. The van der Waals surface area contributed by atoms with Crippen LogP contribution >= 0.6 is 0 Å². The van der Waals surface area contributed by atoms with E-state index >= 15 is 0 Å². The van der Waals surface area contributed by atoms with E-state index in [4.69, 9.17) is 0 Å². The van der Waals surface area contributed by atoms with Crippen molar-refractivity contribution in [2.45, 2.75) is 38.4 Å². The topological polar surface area (TPSA) is 15.3 Å². The molecule has 0 radical (unpaired) electrons. The molecule has 2 heteroatoms. The van der Waals surface area contributed by atoms with E-state index in [2.05, 4.69) is 70.9 Å². The van der Waals surface area contributed by atoms with Crippen molar-refractivity contribution in [3.8, 4) is 0 Å². The fourth-order valence-corrected chi connectivity index (χ4v) is 3.32. The predicted octanol–water partition coefficient (Wildman–Crippen LogP) is 3.83. The number of nitrogens with one attached hydrogen (secondary N) is 1. The highest BCUT2D eigenvalue weighted by Gasteiger charge is 2.20. The van der Waals surface area contributed by atoms with Gasteiger partial charge in [-0.15, -0.1) is 0 Å². The van der Waals surface area contributed by atoms with Crippen LogP contribution in [0.4, 0.5) is 0 Å². The maximum absolute atomic E-state index is 3.53. The molecule has 1 atom stereocenters. The monoisotopic (exact) mass is 294 g/mol. The molecule has 0 aromatic heterocycles. The third-order valence-electron chi connectivity index (χ3n) is 4.52. The second-order valence-electron chi connectivity index (χ2n) is 6.21. The number of benzene rings is 2. The van der Waals surface area contributed by atoms with Gasteiger partial charge in [0.05, 0.1) is 0 Å². The zero-order valence-corrected chi connectivity index (χ0v) is 13.2. The lowest BCUT2D eigenvalue weighted by Crippen LogP contribution is -2.35. The van der Waals surface area contributed by atoms with Crippen LogP contribution in [0.3, 0.4) is 0 Å². The van der Waals surface area contributed by atoms with Crippen molar-refractivity contribution in [3.63, 3.8) is 0 Å². The van der Waals surface area contributed by atoms with Crippen LogP contribution in [0.5, 0.6) is 0 Å². The summed E-state index contributed by atoms with van der Waals surface area (Å²) in [6.45, 7) is 4.40. The first-order valence-corrected chi connectivity index (χ1v) is 8.44. The Hall–Kier alpha value is -1.64. The summed E-state index contributed by atoms with van der Waals surface area (Å²) in [5.74, 6) is 0. The number of nitrogens with zero attached hydrogens (tertiary/aromatic N) is 1. The summed E-state index contributed by atoms with van der Waals surface area (Å²) < 4.78 is 0. The maximum Gasteiger partial charge on any atom is 0.0240 e. The molecule has 0 amide bonds. The first kappa shape index (κ1) is 15.3. The Labute approximate surface area is 134 Å². The molecule has 3 rings (SSSR count). The maximum atomic E-state index is 3.53. The van der Waals surface area contributed by atoms with Crippen molar-refractivity contribution in [2.75, 3.05) is 13.1 Å². The van der Waals surface area contributed by atoms with Crippen LogP contribution in [0, 0.1) is 0 Å². The van der Waals surface area contributed by atoms with Crippen molar-refractivity contribution < 1.29 is 0 Å². The fraction of sp³-hybridized carbons (Fsp3) is 0.400. The van der Waals surface area contributed by atoms with Gasteiger partial charge in [-0.05, 0) is 43.5 Å². The Kier molecular flexibility index (Phi) is 5.63. The summed E-state index contributed by atoms with van der Waals surface area (Å²) in [6.07, 6.45) is 3.83. The minimum Gasteiger partial charge on any atom is -0.317 e. The van der Waals surface area contributed by atoms with Gasteiger partial charge in [-0.2, -0.15) is 0 Å². The summed E-state index contributed by atoms with van der Waals surface area (Å²) in [4.78, 5) is 2.66. The molecular formula is C20H26N2.